The van der Waals surface area contributed by atoms with Crippen molar-refractivity contribution in [1.29, 1.82) is 5.26 Å². The Bertz CT molecular complexity index is 591. The number of rotatable bonds is 4. The van der Waals surface area contributed by atoms with E-state index in [0.29, 0.717) is 11.7 Å². The number of nitrogens with zero attached hydrogens (tertiary/aromatic N) is 3. The van der Waals surface area contributed by atoms with Crippen LogP contribution < -0.4 is 0 Å². The molecule has 1 aromatic heterocycles. The number of hydrogen-bond donors (Lipinski definition) is 0. The van der Waals surface area contributed by atoms with E-state index in [4.69, 9.17) is 0 Å². The molecule has 0 saturated heterocycles. The van der Waals surface area contributed by atoms with Crippen LogP contribution >= 0.6 is 15.9 Å². The molecule has 2 aliphatic carbocycles. The molecule has 106 valence electrons. The number of carbonyl (C=O) groups excluding carboxylic acids is 1. The van der Waals surface area contributed by atoms with E-state index >= 15 is 0 Å². The van der Waals surface area contributed by atoms with Crippen molar-refractivity contribution in [3.05, 3.63) is 22.4 Å². The van der Waals surface area contributed by atoms with Crippen molar-refractivity contribution in [3.63, 3.8) is 0 Å². The second-order valence-corrected chi connectivity index (χ2v) is 7.17. The average molecular weight is 336 g/mol. The van der Waals surface area contributed by atoms with Crippen molar-refractivity contribution in [2.24, 2.45) is 0 Å². The average Bonchev–Trinajstić information content (AvgIpc) is 3.29. The zero-order valence-electron chi connectivity index (χ0n) is 11.8. The van der Waals surface area contributed by atoms with Crippen LogP contribution in [0.15, 0.2) is 16.7 Å². The van der Waals surface area contributed by atoms with Gasteiger partial charge < -0.3 is 9.47 Å². The molecule has 4 nitrogen and oxygen atoms in total. The smallest absolute Gasteiger partial charge is 0.272 e. The van der Waals surface area contributed by atoms with Gasteiger partial charge in [0.1, 0.15) is 11.2 Å². The molecular weight excluding hydrogens is 318 g/mol. The Balaban J connectivity index is 1.96. The van der Waals surface area contributed by atoms with Crippen LogP contribution in [-0.4, -0.2) is 27.0 Å². The van der Waals surface area contributed by atoms with E-state index in [-0.39, 0.29) is 11.9 Å². The van der Waals surface area contributed by atoms with Gasteiger partial charge in [0, 0.05) is 22.8 Å². The van der Waals surface area contributed by atoms with Crippen molar-refractivity contribution < 1.29 is 4.79 Å². The second kappa shape index (κ2) is 4.63. The minimum absolute atomic E-state index is 0.0170. The molecule has 0 aliphatic heterocycles. The molecule has 5 heteroatoms. The number of aromatic nitrogens is 1. The lowest BCUT2D eigenvalue weighted by Crippen LogP contribution is -2.48. The van der Waals surface area contributed by atoms with Gasteiger partial charge in [-0.3, -0.25) is 4.79 Å². The molecule has 0 radical (unpaired) electrons. The largest absolute Gasteiger partial charge is 0.339 e. The van der Waals surface area contributed by atoms with Crippen molar-refractivity contribution >= 4 is 21.8 Å². The summed E-state index contributed by atoms with van der Waals surface area (Å²) in [5.41, 5.74) is -0.0572. The quantitative estimate of drug-likeness (QED) is 0.845. The van der Waals surface area contributed by atoms with Crippen LogP contribution in [0.4, 0.5) is 0 Å². The zero-order chi connectivity index (χ0) is 14.5. The summed E-state index contributed by atoms with van der Waals surface area (Å²) in [4.78, 5) is 14.7. The Hall–Kier alpha value is -1.28. The first-order valence-electron chi connectivity index (χ1n) is 7.06. The fraction of sp³-hybridized carbons (Fsp3) is 0.600. The normalized spacial score (nSPS) is 18.7. The van der Waals surface area contributed by atoms with Crippen molar-refractivity contribution in [2.75, 3.05) is 0 Å². The molecule has 1 aromatic rings. The SMILES string of the molecule is CC(C)(C#N)N(C(=O)c1cc(Br)cn1C1CC1)C1CC1. The first-order chi connectivity index (χ1) is 9.44. The second-order valence-electron chi connectivity index (χ2n) is 6.26. The number of carbonyl (C=O) groups is 1. The fourth-order valence-electron chi connectivity index (χ4n) is 2.66. The minimum Gasteiger partial charge on any atom is -0.339 e. The van der Waals surface area contributed by atoms with Gasteiger partial charge in [0.05, 0.1) is 6.07 Å². The molecule has 0 bridgehead atoms. The van der Waals surface area contributed by atoms with E-state index in [9.17, 15) is 10.1 Å². The summed E-state index contributed by atoms with van der Waals surface area (Å²) < 4.78 is 2.99. The Morgan fingerprint density at radius 2 is 2.10 bits per heavy atom. The number of hydrogen-bond acceptors (Lipinski definition) is 2. The van der Waals surface area contributed by atoms with E-state index in [1.54, 1.807) is 4.90 Å². The molecule has 0 spiro atoms. The molecule has 1 amide bonds. The molecule has 2 fully saturated rings. The van der Waals surface area contributed by atoms with Crippen LogP contribution in [0.5, 0.6) is 0 Å². The van der Waals surface area contributed by atoms with Crippen LogP contribution in [0.25, 0.3) is 0 Å². The van der Waals surface area contributed by atoms with E-state index in [0.717, 1.165) is 30.2 Å². The summed E-state index contributed by atoms with van der Waals surface area (Å²) in [6.07, 6.45) is 6.25. The highest BCUT2D eigenvalue weighted by molar-refractivity contribution is 9.10. The molecular formula is C15H18BrN3O. The van der Waals surface area contributed by atoms with Gasteiger partial charge in [-0.2, -0.15) is 5.26 Å². The lowest BCUT2D eigenvalue weighted by molar-refractivity contribution is 0.0603. The molecule has 0 N–H and O–H groups in total. The highest BCUT2D eigenvalue weighted by Crippen LogP contribution is 2.39. The summed E-state index contributed by atoms with van der Waals surface area (Å²) in [5.74, 6) is -0.0170. The van der Waals surface area contributed by atoms with E-state index < -0.39 is 5.54 Å². The molecule has 3 rings (SSSR count). The molecule has 2 saturated carbocycles. The summed E-state index contributed by atoms with van der Waals surface area (Å²) in [6, 6.07) is 4.82. The molecule has 20 heavy (non-hydrogen) atoms. The molecule has 0 unspecified atom stereocenters. The van der Waals surface area contributed by atoms with E-state index in [2.05, 4.69) is 26.6 Å². The minimum atomic E-state index is -0.761. The Kier molecular flexibility index (Phi) is 3.17. The van der Waals surface area contributed by atoms with Gasteiger partial charge in [-0.1, -0.05) is 0 Å². The van der Waals surface area contributed by atoms with E-state index in [1.165, 1.54) is 0 Å². The van der Waals surface area contributed by atoms with Crippen molar-refractivity contribution in [3.8, 4) is 6.07 Å². The van der Waals surface area contributed by atoms with Gasteiger partial charge in [-0.05, 0) is 61.5 Å². The molecule has 0 aromatic carbocycles. The third-order valence-electron chi connectivity index (χ3n) is 3.98. The highest BCUT2D eigenvalue weighted by atomic mass is 79.9. The van der Waals surface area contributed by atoms with Gasteiger partial charge in [-0.25, -0.2) is 0 Å². The first-order valence-corrected chi connectivity index (χ1v) is 7.85. The standard InChI is InChI=1S/C15H18BrN3O/c1-15(2,9-17)19(12-5-6-12)14(20)13-7-10(16)8-18(13)11-3-4-11/h7-8,11-12H,3-6H2,1-2H3. The zero-order valence-corrected chi connectivity index (χ0v) is 13.4. The fourth-order valence-corrected chi connectivity index (χ4v) is 3.10. The Labute approximate surface area is 127 Å². The van der Waals surface area contributed by atoms with Gasteiger partial charge in [-0.15, -0.1) is 0 Å². The van der Waals surface area contributed by atoms with E-state index in [1.807, 2.05) is 26.1 Å². The van der Waals surface area contributed by atoms with Crippen LogP contribution in [0.1, 0.15) is 56.1 Å². The topological polar surface area (TPSA) is 49.0 Å². The van der Waals surface area contributed by atoms with Crippen molar-refractivity contribution in [1.82, 2.24) is 9.47 Å². The maximum atomic E-state index is 12.9. The lowest BCUT2D eigenvalue weighted by Gasteiger charge is -2.33. The predicted molar refractivity (Wildman–Crippen MR) is 79.3 cm³/mol. The van der Waals surface area contributed by atoms with Crippen LogP contribution in [0.3, 0.4) is 0 Å². The summed E-state index contributed by atoms with van der Waals surface area (Å²) >= 11 is 3.46. The van der Waals surface area contributed by atoms with Crippen LogP contribution in [0.2, 0.25) is 0 Å². The van der Waals surface area contributed by atoms with Crippen LogP contribution in [-0.2, 0) is 0 Å². The van der Waals surface area contributed by atoms with Gasteiger partial charge >= 0.3 is 0 Å². The van der Waals surface area contributed by atoms with Crippen molar-refractivity contribution in [2.45, 2.75) is 57.2 Å². The van der Waals surface area contributed by atoms with Gasteiger partial charge in [0.15, 0.2) is 0 Å². The maximum Gasteiger partial charge on any atom is 0.272 e. The third kappa shape index (κ3) is 2.37. The molecule has 1 heterocycles. The summed E-state index contributed by atoms with van der Waals surface area (Å²) in [7, 11) is 0. The number of nitriles is 1. The molecule has 0 atom stereocenters. The maximum absolute atomic E-state index is 12.9. The Morgan fingerprint density at radius 1 is 1.45 bits per heavy atom. The first kappa shape index (κ1) is 13.7. The lowest BCUT2D eigenvalue weighted by atomic mass is 10.0. The predicted octanol–water partition coefficient (Wildman–Crippen LogP) is 3.49. The highest BCUT2D eigenvalue weighted by Gasteiger charge is 2.43. The number of amides is 1. The van der Waals surface area contributed by atoms with Gasteiger partial charge in [0.25, 0.3) is 5.91 Å². The third-order valence-corrected chi connectivity index (χ3v) is 4.41. The Morgan fingerprint density at radius 3 is 2.60 bits per heavy atom. The number of halogens is 1. The van der Waals surface area contributed by atoms with Gasteiger partial charge in [0.2, 0.25) is 0 Å². The molecule has 2 aliphatic rings. The van der Waals surface area contributed by atoms with Crippen LogP contribution in [0, 0.1) is 11.3 Å². The summed E-state index contributed by atoms with van der Waals surface area (Å²) in [6.45, 7) is 3.64. The monoisotopic (exact) mass is 335 g/mol. The summed E-state index contributed by atoms with van der Waals surface area (Å²) in [5, 5.41) is 9.37.